The van der Waals surface area contributed by atoms with Gasteiger partial charge in [-0.3, -0.25) is 0 Å². The number of aliphatic hydroxyl groups is 3. The SMILES string of the molecule is CCC(=C(c1ccc(OCCNC)cc1)c1cccc(OC2OC(C(=O)O)C(O)C(O)C2O)c1)c1ccccc1. The summed E-state index contributed by atoms with van der Waals surface area (Å²) in [6.45, 7) is 3.37. The van der Waals surface area contributed by atoms with Crippen LogP contribution in [0.15, 0.2) is 78.9 Å². The highest BCUT2D eigenvalue weighted by Gasteiger charge is 2.48. The molecule has 0 spiro atoms. The lowest BCUT2D eigenvalue weighted by Crippen LogP contribution is -2.61. The number of hydrogen-bond donors (Lipinski definition) is 5. The van der Waals surface area contributed by atoms with E-state index in [2.05, 4.69) is 24.4 Å². The molecule has 0 saturated carbocycles. The van der Waals surface area contributed by atoms with Crippen LogP contribution in [0.3, 0.4) is 0 Å². The van der Waals surface area contributed by atoms with Crippen LogP contribution in [0.5, 0.6) is 11.5 Å². The summed E-state index contributed by atoms with van der Waals surface area (Å²) in [5.74, 6) is -0.424. The second-order valence-electron chi connectivity index (χ2n) is 9.43. The number of hydrogen-bond acceptors (Lipinski definition) is 8. The zero-order valence-electron chi connectivity index (χ0n) is 22.4. The summed E-state index contributed by atoms with van der Waals surface area (Å²) >= 11 is 0. The van der Waals surface area contributed by atoms with Crippen molar-refractivity contribution in [2.45, 2.75) is 44.1 Å². The third-order valence-electron chi connectivity index (χ3n) is 6.73. The third kappa shape index (κ3) is 6.70. The molecular weight excluding hydrogens is 514 g/mol. The molecule has 40 heavy (non-hydrogen) atoms. The van der Waals surface area contributed by atoms with E-state index in [-0.39, 0.29) is 0 Å². The summed E-state index contributed by atoms with van der Waals surface area (Å²) < 4.78 is 16.9. The van der Waals surface area contributed by atoms with E-state index in [1.807, 2.05) is 55.6 Å². The Balaban J connectivity index is 1.71. The van der Waals surface area contributed by atoms with E-state index in [1.165, 1.54) is 0 Å². The molecule has 5 N–H and O–H groups in total. The first kappa shape index (κ1) is 29.3. The van der Waals surface area contributed by atoms with Gasteiger partial charge in [0.1, 0.15) is 36.4 Å². The largest absolute Gasteiger partial charge is 0.492 e. The average molecular weight is 550 g/mol. The summed E-state index contributed by atoms with van der Waals surface area (Å²) in [5.41, 5.74) is 4.90. The smallest absolute Gasteiger partial charge is 0.335 e. The van der Waals surface area contributed by atoms with Gasteiger partial charge in [0, 0.05) is 6.54 Å². The van der Waals surface area contributed by atoms with Gasteiger partial charge in [-0.05, 0) is 65.6 Å². The Morgan fingerprint density at radius 1 is 0.850 bits per heavy atom. The number of carbonyl (C=O) groups is 1. The van der Waals surface area contributed by atoms with Crippen LogP contribution < -0.4 is 14.8 Å². The summed E-state index contributed by atoms with van der Waals surface area (Å²) in [4.78, 5) is 11.5. The third-order valence-corrected chi connectivity index (χ3v) is 6.73. The van der Waals surface area contributed by atoms with Crippen LogP contribution >= 0.6 is 0 Å². The first-order chi connectivity index (χ1) is 19.3. The first-order valence-electron chi connectivity index (χ1n) is 13.2. The molecular formula is C31H35NO8. The van der Waals surface area contributed by atoms with E-state index in [1.54, 1.807) is 18.2 Å². The number of nitrogens with one attached hydrogen (secondary N) is 1. The second-order valence-corrected chi connectivity index (χ2v) is 9.43. The summed E-state index contributed by atoms with van der Waals surface area (Å²) in [7, 11) is 1.87. The van der Waals surface area contributed by atoms with E-state index < -0.39 is 36.7 Å². The first-order valence-corrected chi connectivity index (χ1v) is 13.2. The van der Waals surface area contributed by atoms with Crippen LogP contribution in [0, 0.1) is 0 Å². The molecule has 212 valence electrons. The molecule has 0 aromatic heterocycles. The molecule has 9 heteroatoms. The normalized spacial score (nSPS) is 23.3. The number of benzene rings is 3. The molecule has 1 saturated heterocycles. The van der Waals surface area contributed by atoms with Crippen molar-refractivity contribution in [3.8, 4) is 11.5 Å². The Kier molecular flexibility index (Phi) is 9.92. The lowest BCUT2D eigenvalue weighted by Gasteiger charge is -2.38. The predicted octanol–water partition coefficient (Wildman–Crippen LogP) is 2.92. The van der Waals surface area contributed by atoms with Gasteiger partial charge < -0.3 is 40.0 Å². The van der Waals surface area contributed by atoms with Crippen molar-refractivity contribution >= 4 is 17.1 Å². The standard InChI is InChI=1S/C31H35NO8/c1-3-24(19-8-5-4-6-9-19)25(20-12-14-22(15-13-20)38-17-16-32-2)21-10-7-11-23(18-21)39-31-28(35)26(33)27(34)29(40-31)30(36)37/h4-15,18,26-29,31-35H,3,16-17H2,1-2H3,(H,36,37). The van der Waals surface area contributed by atoms with Crippen molar-refractivity contribution in [1.82, 2.24) is 5.32 Å². The monoisotopic (exact) mass is 549 g/mol. The minimum absolute atomic E-state index is 0.294. The number of carboxylic acid groups (broad SMARTS) is 1. The minimum atomic E-state index is -1.80. The molecule has 1 fully saturated rings. The van der Waals surface area contributed by atoms with Gasteiger partial charge in [-0.15, -0.1) is 0 Å². The molecule has 3 aromatic carbocycles. The number of rotatable bonds is 11. The quantitative estimate of drug-likeness (QED) is 0.181. The molecule has 5 unspecified atom stereocenters. The molecule has 0 radical (unpaired) electrons. The van der Waals surface area contributed by atoms with Crippen molar-refractivity contribution in [2.75, 3.05) is 20.2 Å². The van der Waals surface area contributed by atoms with Crippen LogP contribution in [0.1, 0.15) is 30.0 Å². The van der Waals surface area contributed by atoms with Crippen LogP contribution in [0.2, 0.25) is 0 Å². The number of ether oxygens (including phenoxy) is 3. The van der Waals surface area contributed by atoms with Crippen LogP contribution in [0.4, 0.5) is 0 Å². The van der Waals surface area contributed by atoms with Gasteiger partial charge in [-0.1, -0.05) is 61.5 Å². The Bertz CT molecular complexity index is 1290. The van der Waals surface area contributed by atoms with Crippen molar-refractivity contribution in [1.29, 1.82) is 0 Å². The molecule has 0 amide bonds. The number of allylic oxidation sites excluding steroid dienone is 1. The highest BCUT2D eigenvalue weighted by molar-refractivity contribution is 5.98. The molecule has 0 aliphatic carbocycles. The van der Waals surface area contributed by atoms with E-state index >= 15 is 0 Å². The van der Waals surface area contributed by atoms with Crippen molar-refractivity contribution in [3.63, 3.8) is 0 Å². The van der Waals surface area contributed by atoms with E-state index in [0.29, 0.717) is 12.4 Å². The van der Waals surface area contributed by atoms with Gasteiger partial charge in [0.15, 0.2) is 6.10 Å². The van der Waals surface area contributed by atoms with Crippen LogP contribution in [0.25, 0.3) is 11.1 Å². The molecule has 1 aliphatic heterocycles. The molecule has 1 heterocycles. The summed E-state index contributed by atoms with van der Waals surface area (Å²) in [5, 5.41) is 43.0. The molecule has 1 aliphatic rings. The van der Waals surface area contributed by atoms with Crippen molar-refractivity contribution in [2.24, 2.45) is 0 Å². The Hall–Kier alpha value is -3.73. The van der Waals surface area contributed by atoms with Gasteiger partial charge in [0.05, 0.1) is 0 Å². The maximum absolute atomic E-state index is 11.5. The zero-order valence-corrected chi connectivity index (χ0v) is 22.4. The molecule has 9 nitrogen and oxygen atoms in total. The van der Waals surface area contributed by atoms with Crippen molar-refractivity contribution < 1.29 is 39.4 Å². The Morgan fingerprint density at radius 3 is 2.20 bits per heavy atom. The molecule has 3 aromatic rings. The second kappa shape index (κ2) is 13.6. The van der Waals surface area contributed by atoms with Crippen LogP contribution in [-0.4, -0.2) is 77.3 Å². The van der Waals surface area contributed by atoms with Crippen molar-refractivity contribution in [3.05, 3.63) is 95.6 Å². The van der Waals surface area contributed by atoms with Gasteiger partial charge in [0.25, 0.3) is 0 Å². The maximum atomic E-state index is 11.5. The highest BCUT2D eigenvalue weighted by atomic mass is 16.7. The fraction of sp³-hybridized carbons (Fsp3) is 0.323. The van der Waals surface area contributed by atoms with Gasteiger partial charge >= 0.3 is 5.97 Å². The van der Waals surface area contributed by atoms with E-state index in [9.17, 15) is 25.2 Å². The number of carboxylic acids is 1. The number of aliphatic hydroxyl groups excluding tert-OH is 3. The summed E-state index contributed by atoms with van der Waals surface area (Å²) in [6.07, 6.45) is -7.72. The lowest BCUT2D eigenvalue weighted by atomic mass is 9.88. The van der Waals surface area contributed by atoms with Crippen LogP contribution in [-0.2, 0) is 9.53 Å². The minimum Gasteiger partial charge on any atom is -0.492 e. The molecule has 5 atom stereocenters. The number of aliphatic carboxylic acids is 1. The predicted molar refractivity (Wildman–Crippen MR) is 150 cm³/mol. The van der Waals surface area contributed by atoms with Gasteiger partial charge in [0.2, 0.25) is 6.29 Å². The number of likely N-dealkylation sites (N-methyl/N-ethyl adjacent to an activating group) is 1. The van der Waals surface area contributed by atoms with E-state index in [4.69, 9.17) is 14.2 Å². The summed E-state index contributed by atoms with van der Waals surface area (Å²) in [6, 6.07) is 25.0. The highest BCUT2D eigenvalue weighted by Crippen LogP contribution is 2.36. The fourth-order valence-electron chi connectivity index (χ4n) is 4.68. The Morgan fingerprint density at radius 2 is 1.55 bits per heavy atom. The molecule has 0 bridgehead atoms. The maximum Gasteiger partial charge on any atom is 0.335 e. The fourth-order valence-corrected chi connectivity index (χ4v) is 4.68. The lowest BCUT2D eigenvalue weighted by molar-refractivity contribution is -0.271. The Labute approximate surface area is 233 Å². The average Bonchev–Trinajstić information content (AvgIpc) is 2.97. The molecule has 4 rings (SSSR count). The van der Waals surface area contributed by atoms with Gasteiger partial charge in [-0.2, -0.15) is 0 Å². The topological polar surface area (TPSA) is 138 Å². The zero-order chi connectivity index (χ0) is 28.6. The van der Waals surface area contributed by atoms with E-state index in [0.717, 1.165) is 46.6 Å². The van der Waals surface area contributed by atoms with Gasteiger partial charge in [-0.25, -0.2) is 4.79 Å².